The van der Waals surface area contributed by atoms with E-state index in [1.54, 1.807) is 6.20 Å². The van der Waals surface area contributed by atoms with Gasteiger partial charge in [0.05, 0.1) is 23.0 Å². The van der Waals surface area contributed by atoms with Crippen LogP contribution >= 0.6 is 0 Å². The summed E-state index contributed by atoms with van der Waals surface area (Å²) in [6.45, 7) is 11.5. The molecule has 0 unspecified atom stereocenters. The van der Waals surface area contributed by atoms with Crippen LogP contribution in [0.4, 0.5) is 0 Å². The first-order chi connectivity index (χ1) is 16.0. The largest absolute Gasteiger partial charge is 0.348 e. The fourth-order valence-corrected chi connectivity index (χ4v) is 4.69. The molecule has 33 heavy (non-hydrogen) atoms. The molecule has 3 aromatic rings. The normalized spacial score (nSPS) is 16.7. The zero-order chi connectivity index (χ0) is 23.4. The van der Waals surface area contributed by atoms with Crippen LogP contribution in [-0.2, 0) is 19.6 Å². The molecule has 3 heterocycles. The van der Waals surface area contributed by atoms with E-state index >= 15 is 0 Å². The number of amides is 1. The fraction of sp³-hybridized carbons (Fsp3) is 0.462. The Hall–Kier alpha value is -3.06. The van der Waals surface area contributed by atoms with Crippen molar-refractivity contribution in [1.82, 2.24) is 30.0 Å². The molecule has 1 aliphatic rings. The number of likely N-dealkylation sites (tertiary alicyclic amines) is 1. The van der Waals surface area contributed by atoms with Crippen molar-refractivity contribution in [3.63, 3.8) is 0 Å². The van der Waals surface area contributed by atoms with Crippen LogP contribution in [-0.4, -0.2) is 37.1 Å². The summed E-state index contributed by atoms with van der Waals surface area (Å²) in [5, 5.41) is 7.67. The zero-order valence-corrected chi connectivity index (χ0v) is 20.1. The van der Waals surface area contributed by atoms with E-state index in [0.29, 0.717) is 12.1 Å². The number of carbonyl (C=O) groups is 1. The van der Waals surface area contributed by atoms with Crippen LogP contribution in [0.3, 0.4) is 0 Å². The average Bonchev–Trinajstić information content (AvgIpc) is 3.11. The van der Waals surface area contributed by atoms with Crippen molar-refractivity contribution in [2.45, 2.75) is 72.6 Å². The highest BCUT2D eigenvalue weighted by Crippen LogP contribution is 2.31. The van der Waals surface area contributed by atoms with E-state index in [4.69, 9.17) is 10.1 Å². The molecule has 7 nitrogen and oxygen atoms in total. The number of aromatic nitrogens is 4. The van der Waals surface area contributed by atoms with Gasteiger partial charge >= 0.3 is 0 Å². The SMILES string of the molecule is CCn1nc(C)c(CN2CCCC[C@H]2c2ncc(C(=O)NCc3ccccc3)c(C)n2)c1C. The standard InChI is InChI=1S/C26H34N6O/c1-5-32-20(4)23(19(3)30-32)17-31-14-10-9-13-24(31)25-27-16-22(18(2)29-25)26(33)28-15-21-11-7-6-8-12-21/h6-8,11-12,16,24H,5,9-10,13-15,17H2,1-4H3,(H,28,33)/t24-/m0/s1. The molecule has 0 spiro atoms. The predicted molar refractivity (Wildman–Crippen MR) is 129 cm³/mol. The third-order valence-corrected chi connectivity index (χ3v) is 6.64. The number of carbonyl (C=O) groups excluding carboxylic acids is 1. The maximum atomic E-state index is 12.7. The van der Waals surface area contributed by atoms with Crippen molar-refractivity contribution < 1.29 is 4.79 Å². The summed E-state index contributed by atoms with van der Waals surface area (Å²) in [7, 11) is 0. The van der Waals surface area contributed by atoms with Crippen LogP contribution in [0.15, 0.2) is 36.5 Å². The summed E-state index contributed by atoms with van der Waals surface area (Å²) in [5.41, 5.74) is 5.96. The number of aryl methyl sites for hydroxylation is 3. The van der Waals surface area contributed by atoms with Gasteiger partial charge in [0.25, 0.3) is 5.91 Å². The number of hydrogen-bond donors (Lipinski definition) is 1. The fourth-order valence-electron chi connectivity index (χ4n) is 4.69. The quantitative estimate of drug-likeness (QED) is 0.586. The van der Waals surface area contributed by atoms with Crippen LogP contribution in [0.25, 0.3) is 0 Å². The molecule has 1 fully saturated rings. The van der Waals surface area contributed by atoms with Crippen LogP contribution in [0.1, 0.15) is 76.6 Å². The second-order valence-corrected chi connectivity index (χ2v) is 8.84. The second-order valence-electron chi connectivity index (χ2n) is 8.84. The maximum absolute atomic E-state index is 12.7. The van der Waals surface area contributed by atoms with Crippen molar-refractivity contribution in [2.24, 2.45) is 0 Å². The van der Waals surface area contributed by atoms with Gasteiger partial charge in [0, 0.05) is 37.1 Å². The zero-order valence-electron chi connectivity index (χ0n) is 20.1. The van der Waals surface area contributed by atoms with Gasteiger partial charge in [-0.05, 0) is 52.6 Å². The van der Waals surface area contributed by atoms with Crippen molar-refractivity contribution in [2.75, 3.05) is 6.54 Å². The Morgan fingerprint density at radius 3 is 2.61 bits per heavy atom. The van der Waals surface area contributed by atoms with Crippen molar-refractivity contribution >= 4 is 5.91 Å². The van der Waals surface area contributed by atoms with Crippen LogP contribution in [0.2, 0.25) is 0 Å². The summed E-state index contributed by atoms with van der Waals surface area (Å²) in [4.78, 5) is 24.7. The van der Waals surface area contributed by atoms with Gasteiger partial charge in [0.1, 0.15) is 5.82 Å². The highest BCUT2D eigenvalue weighted by atomic mass is 16.1. The molecule has 1 amide bonds. The molecular weight excluding hydrogens is 412 g/mol. The van der Waals surface area contributed by atoms with E-state index in [9.17, 15) is 4.79 Å². The highest BCUT2D eigenvalue weighted by molar-refractivity contribution is 5.94. The van der Waals surface area contributed by atoms with E-state index in [0.717, 1.165) is 55.3 Å². The molecule has 0 aliphatic carbocycles. The third kappa shape index (κ3) is 5.14. The molecule has 0 saturated carbocycles. The third-order valence-electron chi connectivity index (χ3n) is 6.64. The first kappa shape index (κ1) is 23.1. The lowest BCUT2D eigenvalue weighted by molar-refractivity contribution is 0.0948. The summed E-state index contributed by atoms with van der Waals surface area (Å²) >= 11 is 0. The van der Waals surface area contributed by atoms with E-state index in [1.807, 2.05) is 37.3 Å². The summed E-state index contributed by atoms with van der Waals surface area (Å²) in [6, 6.07) is 10.1. The smallest absolute Gasteiger partial charge is 0.254 e. The first-order valence-corrected chi connectivity index (χ1v) is 11.9. The Labute approximate surface area is 196 Å². The number of nitrogens with zero attached hydrogens (tertiary/aromatic N) is 5. The van der Waals surface area contributed by atoms with Gasteiger partial charge < -0.3 is 5.32 Å². The number of rotatable bonds is 7. The van der Waals surface area contributed by atoms with Crippen LogP contribution < -0.4 is 5.32 Å². The van der Waals surface area contributed by atoms with Gasteiger partial charge in [-0.1, -0.05) is 36.8 Å². The summed E-state index contributed by atoms with van der Waals surface area (Å²) < 4.78 is 2.08. The predicted octanol–water partition coefficient (Wildman–Crippen LogP) is 4.28. The number of nitrogens with one attached hydrogen (secondary N) is 1. The molecule has 2 aromatic heterocycles. The molecule has 0 radical (unpaired) electrons. The van der Waals surface area contributed by atoms with Gasteiger partial charge in [0.2, 0.25) is 0 Å². The van der Waals surface area contributed by atoms with Gasteiger partial charge in [-0.25, -0.2) is 9.97 Å². The van der Waals surface area contributed by atoms with Crippen LogP contribution in [0, 0.1) is 20.8 Å². The summed E-state index contributed by atoms with van der Waals surface area (Å²) in [6.07, 6.45) is 5.06. The van der Waals surface area contributed by atoms with E-state index < -0.39 is 0 Å². The first-order valence-electron chi connectivity index (χ1n) is 11.9. The molecule has 174 valence electrons. The molecule has 7 heteroatoms. The second kappa shape index (κ2) is 10.3. The highest BCUT2D eigenvalue weighted by Gasteiger charge is 2.28. The molecule has 0 bridgehead atoms. The van der Waals surface area contributed by atoms with E-state index in [-0.39, 0.29) is 11.9 Å². The van der Waals surface area contributed by atoms with Crippen molar-refractivity contribution in [3.8, 4) is 0 Å². The van der Waals surface area contributed by atoms with Crippen molar-refractivity contribution in [3.05, 3.63) is 76.1 Å². The van der Waals surface area contributed by atoms with Gasteiger partial charge in [0.15, 0.2) is 0 Å². The maximum Gasteiger partial charge on any atom is 0.254 e. The molecule has 1 aliphatic heterocycles. The van der Waals surface area contributed by atoms with Gasteiger partial charge in [-0.2, -0.15) is 5.10 Å². The minimum absolute atomic E-state index is 0.137. The monoisotopic (exact) mass is 446 g/mol. The number of benzene rings is 1. The minimum atomic E-state index is -0.137. The molecule has 1 aromatic carbocycles. The topological polar surface area (TPSA) is 75.9 Å². The Morgan fingerprint density at radius 2 is 1.91 bits per heavy atom. The Bertz CT molecular complexity index is 1110. The Balaban J connectivity index is 1.49. The lowest BCUT2D eigenvalue weighted by Crippen LogP contribution is -2.34. The van der Waals surface area contributed by atoms with Crippen molar-refractivity contribution in [1.29, 1.82) is 0 Å². The Morgan fingerprint density at radius 1 is 1.12 bits per heavy atom. The minimum Gasteiger partial charge on any atom is -0.348 e. The lowest BCUT2D eigenvalue weighted by Gasteiger charge is -2.35. The van der Waals surface area contributed by atoms with E-state index in [2.05, 4.69) is 40.7 Å². The van der Waals surface area contributed by atoms with E-state index in [1.165, 1.54) is 17.7 Å². The van der Waals surface area contributed by atoms with Crippen LogP contribution in [0.5, 0.6) is 0 Å². The Kier molecular flexibility index (Phi) is 7.18. The molecule has 4 rings (SSSR count). The molecule has 1 N–H and O–H groups in total. The number of piperidine rings is 1. The van der Waals surface area contributed by atoms with Gasteiger partial charge in [-0.3, -0.25) is 14.4 Å². The lowest BCUT2D eigenvalue weighted by atomic mass is 9.99. The molecule has 1 saturated heterocycles. The van der Waals surface area contributed by atoms with Gasteiger partial charge in [-0.15, -0.1) is 0 Å². The molecular formula is C26H34N6O. The summed E-state index contributed by atoms with van der Waals surface area (Å²) in [5.74, 6) is 0.673. The molecule has 1 atom stereocenters. The number of hydrogen-bond acceptors (Lipinski definition) is 5. The average molecular weight is 447 g/mol.